The topological polar surface area (TPSA) is 98.8 Å². The molecule has 7 nitrogen and oxygen atoms in total. The summed E-state index contributed by atoms with van der Waals surface area (Å²) in [5, 5.41) is 0. The number of ketones is 1. The molecule has 0 fully saturated rings. The zero-order valence-corrected chi connectivity index (χ0v) is 15.5. The van der Waals surface area contributed by atoms with Crippen LogP contribution < -0.4 is 9.46 Å². The van der Waals surface area contributed by atoms with Gasteiger partial charge in [-0.15, -0.1) is 0 Å². The first-order valence-electron chi connectivity index (χ1n) is 7.81. The normalized spacial score (nSPS) is 11.1. The highest BCUT2D eigenvalue weighted by Crippen LogP contribution is 2.20. The Labute approximate surface area is 156 Å². The van der Waals surface area contributed by atoms with Crippen LogP contribution in [0.4, 0.5) is 4.39 Å². The fraction of sp³-hybridized carbons (Fsp3) is 0.222. The van der Waals surface area contributed by atoms with Crippen LogP contribution in [0, 0.1) is 5.82 Å². The number of carbonyl (C=O) groups is 2. The van der Waals surface area contributed by atoms with Crippen LogP contribution in [0.3, 0.4) is 0 Å². The summed E-state index contributed by atoms with van der Waals surface area (Å²) in [4.78, 5) is 22.9. The van der Waals surface area contributed by atoms with Crippen LogP contribution in [0.5, 0.6) is 5.75 Å². The number of rotatable bonds is 8. The summed E-state index contributed by atoms with van der Waals surface area (Å²) in [6.45, 7) is 0.495. The van der Waals surface area contributed by atoms with Crippen LogP contribution in [0.1, 0.15) is 22.8 Å². The monoisotopic (exact) mass is 395 g/mol. The first kappa shape index (κ1) is 20.5. The average molecular weight is 395 g/mol. The van der Waals surface area contributed by atoms with Crippen molar-refractivity contribution in [3.05, 3.63) is 59.4 Å². The summed E-state index contributed by atoms with van der Waals surface area (Å²) >= 11 is 0. The van der Waals surface area contributed by atoms with Gasteiger partial charge in [0.25, 0.3) is 0 Å². The first-order chi connectivity index (χ1) is 12.7. The second-order valence-corrected chi connectivity index (χ2v) is 7.29. The molecule has 2 aromatic carbocycles. The lowest BCUT2D eigenvalue weighted by molar-refractivity contribution is -0.143. The SMILES string of the molecule is COc1ccc(F)cc1COC(=O)CNS(=O)(=O)c1ccc(C(C)=O)cc1. The summed E-state index contributed by atoms with van der Waals surface area (Å²) in [7, 11) is -2.55. The molecule has 2 rings (SSSR count). The number of Topliss-reactive ketones (excluding diaryl/α,β-unsaturated/α-hetero) is 1. The van der Waals surface area contributed by atoms with Crippen LogP contribution in [0.2, 0.25) is 0 Å². The Balaban J connectivity index is 1.94. The van der Waals surface area contributed by atoms with Crippen molar-refractivity contribution in [2.24, 2.45) is 0 Å². The Kier molecular flexibility index (Phi) is 6.65. The molecule has 0 unspecified atom stereocenters. The number of hydrogen-bond acceptors (Lipinski definition) is 6. The van der Waals surface area contributed by atoms with Gasteiger partial charge in [-0.05, 0) is 37.3 Å². The number of ether oxygens (including phenoxy) is 2. The largest absolute Gasteiger partial charge is 0.496 e. The van der Waals surface area contributed by atoms with Crippen LogP contribution in [0.15, 0.2) is 47.4 Å². The van der Waals surface area contributed by atoms with Gasteiger partial charge in [-0.2, -0.15) is 4.72 Å². The number of carbonyl (C=O) groups excluding carboxylic acids is 2. The molecule has 0 radical (unpaired) electrons. The molecule has 144 valence electrons. The molecule has 0 aliphatic rings. The summed E-state index contributed by atoms with van der Waals surface area (Å²) in [6.07, 6.45) is 0. The van der Waals surface area contributed by atoms with Crippen LogP contribution in [-0.4, -0.2) is 33.8 Å². The number of halogens is 1. The van der Waals surface area contributed by atoms with Crippen LogP contribution in [0.25, 0.3) is 0 Å². The molecular weight excluding hydrogens is 377 g/mol. The third-order valence-corrected chi connectivity index (χ3v) is 5.03. The van der Waals surface area contributed by atoms with Crippen molar-refractivity contribution < 1.29 is 31.9 Å². The maximum Gasteiger partial charge on any atom is 0.321 e. The smallest absolute Gasteiger partial charge is 0.321 e. The van der Waals surface area contributed by atoms with E-state index < -0.39 is 28.4 Å². The highest BCUT2D eigenvalue weighted by molar-refractivity contribution is 7.89. The van der Waals surface area contributed by atoms with Gasteiger partial charge in [0.2, 0.25) is 10.0 Å². The standard InChI is InChI=1S/C18H18FNO6S/c1-12(21)13-3-6-16(7-4-13)27(23,24)20-10-18(22)26-11-14-9-15(19)5-8-17(14)25-2/h3-9,20H,10-11H2,1-2H3. The lowest BCUT2D eigenvalue weighted by Gasteiger charge is -2.10. The van der Waals surface area contributed by atoms with E-state index in [0.29, 0.717) is 16.9 Å². The van der Waals surface area contributed by atoms with Gasteiger partial charge in [-0.3, -0.25) is 9.59 Å². The Morgan fingerprint density at radius 3 is 2.37 bits per heavy atom. The molecule has 27 heavy (non-hydrogen) atoms. The van der Waals surface area contributed by atoms with Gasteiger partial charge in [0.05, 0.1) is 12.0 Å². The molecule has 0 amide bonds. The maximum absolute atomic E-state index is 13.3. The zero-order valence-electron chi connectivity index (χ0n) is 14.7. The van der Waals surface area contributed by atoms with E-state index in [9.17, 15) is 22.4 Å². The van der Waals surface area contributed by atoms with Crippen molar-refractivity contribution in [3.63, 3.8) is 0 Å². The van der Waals surface area contributed by atoms with Gasteiger partial charge in [-0.1, -0.05) is 12.1 Å². The van der Waals surface area contributed by atoms with E-state index in [0.717, 1.165) is 6.07 Å². The molecule has 0 saturated heterocycles. The van der Waals surface area contributed by atoms with E-state index in [1.54, 1.807) is 0 Å². The van der Waals surface area contributed by atoms with Crippen molar-refractivity contribution >= 4 is 21.8 Å². The van der Waals surface area contributed by atoms with Crippen molar-refractivity contribution in [2.45, 2.75) is 18.4 Å². The van der Waals surface area contributed by atoms with Gasteiger partial charge in [0, 0.05) is 11.1 Å². The average Bonchev–Trinajstić information content (AvgIpc) is 2.65. The van der Waals surface area contributed by atoms with Crippen molar-refractivity contribution in [3.8, 4) is 5.75 Å². The third-order valence-electron chi connectivity index (χ3n) is 3.61. The van der Waals surface area contributed by atoms with E-state index in [-0.39, 0.29) is 17.3 Å². The van der Waals surface area contributed by atoms with Gasteiger partial charge < -0.3 is 9.47 Å². The number of esters is 1. The molecule has 0 bridgehead atoms. The quantitative estimate of drug-likeness (QED) is 0.543. The molecule has 0 aliphatic carbocycles. The van der Waals surface area contributed by atoms with Crippen molar-refractivity contribution in [1.29, 1.82) is 0 Å². The predicted octanol–water partition coefficient (Wildman–Crippen LogP) is 2.06. The van der Waals surface area contributed by atoms with Gasteiger partial charge >= 0.3 is 5.97 Å². The maximum atomic E-state index is 13.3. The Morgan fingerprint density at radius 1 is 1.11 bits per heavy atom. The fourth-order valence-corrected chi connectivity index (χ4v) is 3.14. The minimum Gasteiger partial charge on any atom is -0.496 e. The summed E-state index contributed by atoms with van der Waals surface area (Å²) in [5.41, 5.74) is 0.686. The third kappa shape index (κ3) is 5.60. The molecule has 0 spiro atoms. The molecule has 9 heteroatoms. The minimum atomic E-state index is -3.95. The highest BCUT2D eigenvalue weighted by Gasteiger charge is 2.17. The molecule has 0 heterocycles. The second-order valence-electron chi connectivity index (χ2n) is 5.52. The van der Waals surface area contributed by atoms with Crippen molar-refractivity contribution in [1.82, 2.24) is 4.72 Å². The van der Waals surface area contributed by atoms with E-state index >= 15 is 0 Å². The van der Waals surface area contributed by atoms with Crippen molar-refractivity contribution in [2.75, 3.05) is 13.7 Å². The Hall–Kier alpha value is -2.78. The molecule has 1 N–H and O–H groups in total. The van der Waals surface area contributed by atoms with E-state index in [1.807, 2.05) is 0 Å². The van der Waals surface area contributed by atoms with Gasteiger partial charge in [-0.25, -0.2) is 12.8 Å². The first-order valence-corrected chi connectivity index (χ1v) is 9.30. The number of nitrogens with one attached hydrogen (secondary N) is 1. The highest BCUT2D eigenvalue weighted by atomic mass is 32.2. The van der Waals surface area contributed by atoms with Crippen LogP contribution in [-0.2, 0) is 26.2 Å². The van der Waals surface area contributed by atoms with E-state index in [2.05, 4.69) is 4.72 Å². The molecule has 0 aromatic heterocycles. The number of sulfonamides is 1. The summed E-state index contributed by atoms with van der Waals surface area (Å²) in [5.74, 6) is -1.21. The number of hydrogen-bond donors (Lipinski definition) is 1. The lowest BCUT2D eigenvalue weighted by Crippen LogP contribution is -2.30. The zero-order chi connectivity index (χ0) is 20.0. The minimum absolute atomic E-state index is 0.0906. The predicted molar refractivity (Wildman–Crippen MR) is 94.4 cm³/mol. The number of methoxy groups -OCH3 is 1. The van der Waals surface area contributed by atoms with E-state index in [4.69, 9.17) is 9.47 Å². The summed E-state index contributed by atoms with van der Waals surface area (Å²) < 4.78 is 49.7. The molecule has 0 saturated carbocycles. The second kappa shape index (κ2) is 8.74. The molecule has 0 aliphatic heterocycles. The van der Waals surface area contributed by atoms with E-state index in [1.165, 1.54) is 50.4 Å². The Morgan fingerprint density at radius 2 is 1.78 bits per heavy atom. The fourth-order valence-electron chi connectivity index (χ4n) is 2.18. The molecule has 0 atom stereocenters. The number of benzene rings is 2. The lowest BCUT2D eigenvalue weighted by atomic mass is 10.2. The van der Waals surface area contributed by atoms with Gasteiger partial charge in [0.1, 0.15) is 24.7 Å². The summed E-state index contributed by atoms with van der Waals surface area (Å²) in [6, 6.07) is 9.05. The molecule has 2 aromatic rings. The van der Waals surface area contributed by atoms with Crippen LogP contribution >= 0.6 is 0 Å². The molecular formula is C18H18FNO6S. The van der Waals surface area contributed by atoms with Gasteiger partial charge in [0.15, 0.2) is 5.78 Å². The Bertz CT molecular complexity index is 941.